The summed E-state index contributed by atoms with van der Waals surface area (Å²) in [7, 11) is 0. The highest BCUT2D eigenvalue weighted by molar-refractivity contribution is 14.1. The third kappa shape index (κ3) is 1.55. The second-order valence-electron chi connectivity index (χ2n) is 2.97. The number of rotatable bonds is 0. The van der Waals surface area contributed by atoms with Crippen molar-refractivity contribution < 1.29 is 0 Å². The van der Waals surface area contributed by atoms with Crippen molar-refractivity contribution >= 4 is 22.6 Å². The van der Waals surface area contributed by atoms with Gasteiger partial charge in [0, 0.05) is 15.5 Å². The van der Waals surface area contributed by atoms with Gasteiger partial charge in [0.1, 0.15) is 0 Å². The summed E-state index contributed by atoms with van der Waals surface area (Å²) < 4.78 is 1.27. The Kier molecular flexibility index (Phi) is 2.11. The molecule has 0 atom stereocenters. The number of aromatic nitrogens is 1. The van der Waals surface area contributed by atoms with Gasteiger partial charge in [0.25, 0.3) is 0 Å². The number of hydrogen-bond donors (Lipinski definition) is 0. The molecule has 0 bridgehead atoms. The molecule has 11 heavy (non-hydrogen) atoms. The first-order valence-electron chi connectivity index (χ1n) is 3.99. The van der Waals surface area contributed by atoms with Crippen LogP contribution in [0, 0.1) is 3.57 Å². The second kappa shape index (κ2) is 3.09. The molecule has 0 aliphatic heterocycles. The fourth-order valence-corrected chi connectivity index (χ4v) is 2.07. The lowest BCUT2D eigenvalue weighted by Crippen LogP contribution is -2.04. The fourth-order valence-electron chi connectivity index (χ4n) is 1.56. The summed E-state index contributed by atoms with van der Waals surface area (Å²) in [6.45, 7) is 0. The number of hydrogen-bond acceptors (Lipinski definition) is 1. The Bertz CT molecular complexity index is 270. The maximum atomic E-state index is 4.41. The van der Waals surface area contributed by atoms with Gasteiger partial charge in [0.2, 0.25) is 0 Å². The van der Waals surface area contributed by atoms with Crippen molar-refractivity contribution in [2.24, 2.45) is 0 Å². The monoisotopic (exact) mass is 259 g/mol. The number of fused-ring (bicyclic) bond motifs is 1. The van der Waals surface area contributed by atoms with Crippen LogP contribution in [-0.4, -0.2) is 4.98 Å². The minimum absolute atomic E-state index is 1.19. The van der Waals surface area contributed by atoms with Crippen LogP contribution in [0.15, 0.2) is 12.3 Å². The van der Waals surface area contributed by atoms with E-state index >= 15 is 0 Å². The van der Waals surface area contributed by atoms with Gasteiger partial charge in [-0.15, -0.1) is 0 Å². The standard InChI is InChI=1S/C9H10IN/c10-8-5-7-3-1-2-4-9(7)11-6-8/h5-6H,1-4H2. The van der Waals surface area contributed by atoms with Gasteiger partial charge in [-0.1, -0.05) is 0 Å². The van der Waals surface area contributed by atoms with Crippen molar-refractivity contribution in [3.8, 4) is 0 Å². The highest BCUT2D eigenvalue weighted by atomic mass is 127. The molecular formula is C9H10IN. The van der Waals surface area contributed by atoms with Crippen LogP contribution in [0.3, 0.4) is 0 Å². The molecule has 0 spiro atoms. The van der Waals surface area contributed by atoms with Crippen LogP contribution in [0.1, 0.15) is 24.1 Å². The third-order valence-electron chi connectivity index (χ3n) is 2.14. The smallest absolute Gasteiger partial charge is 0.0436 e. The Morgan fingerprint density at radius 1 is 1.27 bits per heavy atom. The van der Waals surface area contributed by atoms with Crippen molar-refractivity contribution in [3.05, 3.63) is 27.1 Å². The Morgan fingerprint density at radius 3 is 3.00 bits per heavy atom. The van der Waals surface area contributed by atoms with E-state index in [1.165, 1.54) is 40.5 Å². The predicted octanol–water partition coefficient (Wildman–Crippen LogP) is 2.57. The average Bonchev–Trinajstić information content (AvgIpc) is 2.04. The highest BCUT2D eigenvalue weighted by Gasteiger charge is 2.09. The molecule has 2 rings (SSSR count). The molecule has 58 valence electrons. The van der Waals surface area contributed by atoms with E-state index in [0.717, 1.165) is 0 Å². The Labute approximate surface area is 80.4 Å². The van der Waals surface area contributed by atoms with Crippen LogP contribution >= 0.6 is 22.6 Å². The molecule has 0 aromatic carbocycles. The summed E-state index contributed by atoms with van der Waals surface area (Å²) in [6, 6.07) is 2.27. The molecule has 1 aromatic rings. The van der Waals surface area contributed by atoms with E-state index in [-0.39, 0.29) is 0 Å². The van der Waals surface area contributed by atoms with Crippen LogP contribution in [0.2, 0.25) is 0 Å². The quantitative estimate of drug-likeness (QED) is 0.652. The van der Waals surface area contributed by atoms with Gasteiger partial charge >= 0.3 is 0 Å². The first-order valence-corrected chi connectivity index (χ1v) is 5.07. The van der Waals surface area contributed by atoms with Crippen LogP contribution < -0.4 is 0 Å². The highest BCUT2D eigenvalue weighted by Crippen LogP contribution is 2.20. The zero-order valence-corrected chi connectivity index (χ0v) is 8.47. The lowest BCUT2D eigenvalue weighted by Gasteiger charge is -2.13. The number of nitrogens with zero attached hydrogens (tertiary/aromatic N) is 1. The molecule has 0 saturated carbocycles. The largest absolute Gasteiger partial charge is 0.260 e. The molecular weight excluding hydrogens is 249 g/mol. The molecule has 1 nitrogen and oxygen atoms in total. The summed E-state index contributed by atoms with van der Waals surface area (Å²) in [6.07, 6.45) is 7.05. The summed E-state index contributed by atoms with van der Waals surface area (Å²) in [4.78, 5) is 4.41. The topological polar surface area (TPSA) is 12.9 Å². The molecule has 0 N–H and O–H groups in total. The predicted molar refractivity (Wildman–Crippen MR) is 53.6 cm³/mol. The normalized spacial score (nSPS) is 16.1. The van der Waals surface area contributed by atoms with Crippen LogP contribution in [0.4, 0.5) is 0 Å². The first-order chi connectivity index (χ1) is 5.36. The Balaban J connectivity index is 2.43. The maximum absolute atomic E-state index is 4.41. The van der Waals surface area contributed by atoms with Crippen molar-refractivity contribution in [1.29, 1.82) is 0 Å². The van der Waals surface area contributed by atoms with Gasteiger partial charge in [-0.2, -0.15) is 0 Å². The fraction of sp³-hybridized carbons (Fsp3) is 0.444. The van der Waals surface area contributed by atoms with E-state index in [4.69, 9.17) is 0 Å². The zero-order chi connectivity index (χ0) is 7.68. The molecule has 2 heteroatoms. The van der Waals surface area contributed by atoms with E-state index in [1.807, 2.05) is 6.20 Å². The van der Waals surface area contributed by atoms with E-state index in [1.54, 1.807) is 0 Å². The summed E-state index contributed by atoms with van der Waals surface area (Å²) >= 11 is 2.32. The summed E-state index contributed by atoms with van der Waals surface area (Å²) in [5.74, 6) is 0. The molecule has 0 amide bonds. The second-order valence-corrected chi connectivity index (χ2v) is 4.21. The first kappa shape index (κ1) is 7.53. The zero-order valence-electron chi connectivity index (χ0n) is 6.31. The lowest BCUT2D eigenvalue weighted by atomic mass is 9.96. The summed E-state index contributed by atoms with van der Waals surface area (Å²) in [5, 5.41) is 0. The molecule has 1 aliphatic rings. The van der Waals surface area contributed by atoms with Crippen molar-refractivity contribution in [3.63, 3.8) is 0 Å². The molecule has 1 aromatic heterocycles. The van der Waals surface area contributed by atoms with E-state index < -0.39 is 0 Å². The number of pyridine rings is 1. The third-order valence-corrected chi connectivity index (χ3v) is 2.73. The molecule has 1 heterocycles. The maximum Gasteiger partial charge on any atom is 0.0436 e. The Hall–Kier alpha value is -0.120. The molecule has 1 aliphatic carbocycles. The van der Waals surface area contributed by atoms with Crippen molar-refractivity contribution in [2.75, 3.05) is 0 Å². The van der Waals surface area contributed by atoms with E-state index in [0.29, 0.717) is 0 Å². The van der Waals surface area contributed by atoms with Gasteiger partial charge in [-0.05, 0) is 59.9 Å². The summed E-state index contributed by atoms with van der Waals surface area (Å²) in [5.41, 5.74) is 2.81. The van der Waals surface area contributed by atoms with Gasteiger partial charge < -0.3 is 0 Å². The van der Waals surface area contributed by atoms with Crippen LogP contribution in [-0.2, 0) is 12.8 Å². The van der Waals surface area contributed by atoms with Gasteiger partial charge in [-0.25, -0.2) is 0 Å². The average molecular weight is 259 g/mol. The van der Waals surface area contributed by atoms with Gasteiger partial charge in [-0.3, -0.25) is 4.98 Å². The van der Waals surface area contributed by atoms with E-state index in [2.05, 4.69) is 33.6 Å². The minimum Gasteiger partial charge on any atom is -0.260 e. The number of aryl methyl sites for hydroxylation is 2. The van der Waals surface area contributed by atoms with Crippen LogP contribution in [0.25, 0.3) is 0 Å². The van der Waals surface area contributed by atoms with E-state index in [9.17, 15) is 0 Å². The van der Waals surface area contributed by atoms with Gasteiger partial charge in [0.05, 0.1) is 0 Å². The lowest BCUT2D eigenvalue weighted by molar-refractivity contribution is 0.667. The Morgan fingerprint density at radius 2 is 2.09 bits per heavy atom. The molecule has 0 radical (unpaired) electrons. The molecule has 0 fully saturated rings. The van der Waals surface area contributed by atoms with Gasteiger partial charge in [0.15, 0.2) is 0 Å². The molecule has 0 saturated heterocycles. The van der Waals surface area contributed by atoms with Crippen LogP contribution in [0.5, 0.6) is 0 Å². The molecule has 0 unspecified atom stereocenters. The van der Waals surface area contributed by atoms with Crippen molar-refractivity contribution in [2.45, 2.75) is 25.7 Å². The van der Waals surface area contributed by atoms with Crippen molar-refractivity contribution in [1.82, 2.24) is 4.98 Å². The minimum atomic E-state index is 1.19. The number of halogens is 1. The SMILES string of the molecule is Ic1cnc2c(c1)CCCC2.